The van der Waals surface area contributed by atoms with Gasteiger partial charge in [-0.05, 0) is 44.4 Å². The van der Waals surface area contributed by atoms with Crippen molar-refractivity contribution >= 4 is 21.9 Å². The number of hydrogen-bond acceptors (Lipinski definition) is 5. The first-order valence-electron chi connectivity index (χ1n) is 10.3. The van der Waals surface area contributed by atoms with E-state index in [1.807, 2.05) is 0 Å². The van der Waals surface area contributed by atoms with Gasteiger partial charge < -0.3 is 10.1 Å². The van der Waals surface area contributed by atoms with Crippen LogP contribution in [0.1, 0.15) is 68.8 Å². The van der Waals surface area contributed by atoms with E-state index in [1.54, 1.807) is 26.8 Å². The quantitative estimate of drug-likeness (QED) is 0.648. The zero-order chi connectivity index (χ0) is 21.6. The number of benzene rings is 1. The molecule has 1 amide bonds. The Bertz CT molecular complexity index is 827. The molecular formula is C21H32N2O5S. The number of rotatable bonds is 8. The van der Waals surface area contributed by atoms with E-state index in [0.717, 1.165) is 25.7 Å². The largest absolute Gasteiger partial charge is 0.449 e. The molecule has 0 aromatic heterocycles. The molecule has 1 atom stereocenters. The molecule has 1 aliphatic carbocycles. The molecule has 1 saturated carbocycles. The van der Waals surface area contributed by atoms with Crippen LogP contribution < -0.4 is 5.32 Å². The summed E-state index contributed by atoms with van der Waals surface area (Å²) in [5, 5.41) is 2.94. The third-order valence-corrected chi connectivity index (χ3v) is 7.42. The van der Waals surface area contributed by atoms with Gasteiger partial charge in [-0.1, -0.05) is 39.2 Å². The normalized spacial score (nSPS) is 16.4. The van der Waals surface area contributed by atoms with Crippen LogP contribution in [0, 0.1) is 6.92 Å². The van der Waals surface area contributed by atoms with E-state index in [9.17, 15) is 18.0 Å². The summed E-state index contributed by atoms with van der Waals surface area (Å²) in [7, 11) is -3.69. The number of esters is 1. The van der Waals surface area contributed by atoms with Gasteiger partial charge in [0.05, 0.1) is 10.5 Å². The molecule has 0 heterocycles. The number of hydrogen-bond donors (Lipinski definition) is 1. The Labute approximate surface area is 173 Å². The molecule has 0 bridgehead atoms. The summed E-state index contributed by atoms with van der Waals surface area (Å²) >= 11 is 0. The van der Waals surface area contributed by atoms with Crippen LogP contribution in [0.15, 0.2) is 23.1 Å². The minimum Gasteiger partial charge on any atom is -0.449 e. The second kappa shape index (κ2) is 10.2. The number of sulfonamides is 1. The second-order valence-corrected chi connectivity index (χ2v) is 9.40. The summed E-state index contributed by atoms with van der Waals surface area (Å²) in [6, 6.07) is 4.53. The summed E-state index contributed by atoms with van der Waals surface area (Å²) in [4.78, 5) is 25.1. The Balaban J connectivity index is 2.12. The molecule has 2 rings (SSSR count). The number of amides is 1. The van der Waals surface area contributed by atoms with Gasteiger partial charge in [-0.2, -0.15) is 4.31 Å². The molecule has 0 saturated heterocycles. The topological polar surface area (TPSA) is 92.8 Å². The first-order chi connectivity index (χ1) is 13.7. The summed E-state index contributed by atoms with van der Waals surface area (Å²) in [6.45, 7) is 7.43. The number of carbonyl (C=O) groups is 2. The van der Waals surface area contributed by atoms with E-state index in [1.165, 1.54) is 29.8 Å². The van der Waals surface area contributed by atoms with Gasteiger partial charge in [-0.25, -0.2) is 13.2 Å². The third-order valence-electron chi connectivity index (χ3n) is 5.38. The highest BCUT2D eigenvalue weighted by atomic mass is 32.2. The van der Waals surface area contributed by atoms with E-state index < -0.39 is 22.1 Å². The minimum atomic E-state index is -3.69. The summed E-state index contributed by atoms with van der Waals surface area (Å²) in [6.07, 6.45) is 4.29. The van der Waals surface area contributed by atoms with Gasteiger partial charge in [0.25, 0.3) is 5.91 Å². The molecule has 1 aliphatic rings. The van der Waals surface area contributed by atoms with Crippen molar-refractivity contribution < 1.29 is 22.7 Å². The van der Waals surface area contributed by atoms with Gasteiger partial charge >= 0.3 is 5.97 Å². The molecule has 1 N–H and O–H groups in total. The maximum absolute atomic E-state index is 12.7. The van der Waals surface area contributed by atoms with Gasteiger partial charge in [0.15, 0.2) is 6.10 Å². The van der Waals surface area contributed by atoms with E-state index >= 15 is 0 Å². The zero-order valence-corrected chi connectivity index (χ0v) is 18.5. The highest BCUT2D eigenvalue weighted by Crippen LogP contribution is 2.21. The maximum atomic E-state index is 12.7. The Morgan fingerprint density at radius 2 is 1.79 bits per heavy atom. The van der Waals surface area contributed by atoms with Crippen molar-refractivity contribution in [3.63, 3.8) is 0 Å². The maximum Gasteiger partial charge on any atom is 0.339 e. The molecule has 1 aromatic rings. The molecule has 0 unspecified atom stereocenters. The SMILES string of the molecule is CCN(CC)S(=O)(=O)c1ccc(C)c(C(=O)O[C@H](C)C(=O)NC2CCCCC2)c1. The third kappa shape index (κ3) is 5.79. The predicted molar refractivity (Wildman–Crippen MR) is 111 cm³/mol. The van der Waals surface area contributed by atoms with Gasteiger partial charge in [-0.15, -0.1) is 0 Å². The summed E-state index contributed by atoms with van der Waals surface area (Å²) < 4.78 is 32.2. The van der Waals surface area contributed by atoms with Crippen molar-refractivity contribution in [3.8, 4) is 0 Å². The number of nitrogens with one attached hydrogen (secondary N) is 1. The van der Waals surface area contributed by atoms with Crippen LogP contribution in [0.5, 0.6) is 0 Å². The molecule has 0 aliphatic heterocycles. The van der Waals surface area contributed by atoms with E-state index in [4.69, 9.17) is 4.74 Å². The lowest BCUT2D eigenvalue weighted by Gasteiger charge is -2.24. The number of aryl methyl sites for hydroxylation is 1. The molecule has 29 heavy (non-hydrogen) atoms. The van der Waals surface area contributed by atoms with Gasteiger partial charge in [0.1, 0.15) is 0 Å². The fourth-order valence-corrected chi connectivity index (χ4v) is 5.02. The number of nitrogens with zero attached hydrogens (tertiary/aromatic N) is 1. The van der Waals surface area contributed by atoms with Crippen LogP contribution >= 0.6 is 0 Å². The smallest absolute Gasteiger partial charge is 0.339 e. The second-order valence-electron chi connectivity index (χ2n) is 7.46. The van der Waals surface area contributed by atoms with Crippen LogP contribution in [-0.2, 0) is 19.6 Å². The van der Waals surface area contributed by atoms with E-state index in [2.05, 4.69) is 5.32 Å². The Morgan fingerprint density at radius 3 is 2.38 bits per heavy atom. The lowest BCUT2D eigenvalue weighted by atomic mass is 9.95. The van der Waals surface area contributed by atoms with Crippen LogP contribution in [0.25, 0.3) is 0 Å². The molecule has 1 aromatic carbocycles. The molecule has 162 valence electrons. The van der Waals surface area contributed by atoms with Crippen molar-refractivity contribution in [2.24, 2.45) is 0 Å². The Hall–Kier alpha value is -1.93. The van der Waals surface area contributed by atoms with Gasteiger partial charge in [0.2, 0.25) is 10.0 Å². The molecular weight excluding hydrogens is 392 g/mol. The van der Waals surface area contributed by atoms with Crippen LogP contribution in [0.3, 0.4) is 0 Å². The molecule has 8 heteroatoms. The fourth-order valence-electron chi connectivity index (χ4n) is 3.54. The van der Waals surface area contributed by atoms with Crippen LogP contribution in [0.2, 0.25) is 0 Å². The molecule has 0 radical (unpaired) electrons. The minimum absolute atomic E-state index is 0.0399. The van der Waals surface area contributed by atoms with Gasteiger partial charge in [-0.3, -0.25) is 4.79 Å². The first-order valence-corrected chi connectivity index (χ1v) is 11.8. The molecule has 7 nitrogen and oxygen atoms in total. The van der Waals surface area contributed by atoms with Crippen molar-refractivity contribution in [3.05, 3.63) is 29.3 Å². The zero-order valence-electron chi connectivity index (χ0n) is 17.7. The average molecular weight is 425 g/mol. The highest BCUT2D eigenvalue weighted by molar-refractivity contribution is 7.89. The van der Waals surface area contributed by atoms with Crippen molar-refractivity contribution in [2.75, 3.05) is 13.1 Å². The number of carbonyl (C=O) groups excluding carboxylic acids is 2. The Kier molecular flexibility index (Phi) is 8.22. The first kappa shape index (κ1) is 23.3. The lowest BCUT2D eigenvalue weighted by molar-refractivity contribution is -0.130. The van der Waals surface area contributed by atoms with E-state index in [0.29, 0.717) is 18.7 Å². The summed E-state index contributed by atoms with van der Waals surface area (Å²) in [5.41, 5.74) is 0.740. The molecule has 0 spiro atoms. The van der Waals surface area contributed by atoms with Gasteiger partial charge in [0, 0.05) is 19.1 Å². The number of ether oxygens (including phenoxy) is 1. The van der Waals surface area contributed by atoms with E-state index in [-0.39, 0.29) is 22.4 Å². The van der Waals surface area contributed by atoms with Crippen molar-refractivity contribution in [1.29, 1.82) is 0 Å². The predicted octanol–water partition coefficient (Wildman–Crippen LogP) is 3.02. The molecule has 1 fully saturated rings. The standard InChI is InChI=1S/C21H32N2O5S/c1-5-23(6-2)29(26,27)18-13-12-15(3)19(14-18)21(25)28-16(4)20(24)22-17-10-8-7-9-11-17/h12-14,16-17H,5-11H2,1-4H3,(H,22,24)/t16-/m1/s1. The monoisotopic (exact) mass is 424 g/mol. The van der Waals surface area contributed by atoms with Crippen LogP contribution in [0.4, 0.5) is 0 Å². The highest BCUT2D eigenvalue weighted by Gasteiger charge is 2.26. The van der Waals surface area contributed by atoms with Crippen LogP contribution in [-0.4, -0.2) is 49.8 Å². The van der Waals surface area contributed by atoms with Crippen molar-refractivity contribution in [1.82, 2.24) is 9.62 Å². The Morgan fingerprint density at radius 1 is 1.17 bits per heavy atom. The average Bonchev–Trinajstić information content (AvgIpc) is 2.69. The van der Waals surface area contributed by atoms with Crippen molar-refractivity contribution in [2.45, 2.75) is 76.8 Å². The lowest BCUT2D eigenvalue weighted by Crippen LogP contribution is -2.42. The fraction of sp³-hybridized carbons (Fsp3) is 0.619. The summed E-state index contributed by atoms with van der Waals surface area (Å²) in [5.74, 6) is -1.03.